The molecule has 2 fully saturated rings. The maximum atomic E-state index is 12.3. The average molecular weight is 299 g/mol. The van der Waals surface area contributed by atoms with Crippen molar-refractivity contribution in [2.45, 2.75) is 56.7 Å². The van der Waals surface area contributed by atoms with E-state index >= 15 is 0 Å². The molecule has 2 saturated carbocycles. The first kappa shape index (κ1) is 15.7. The van der Waals surface area contributed by atoms with E-state index in [1.807, 2.05) is 18.7 Å². The normalized spacial score (nSPS) is 37.6. The highest BCUT2D eigenvalue weighted by Gasteiger charge is 2.41. The molecule has 0 saturated heterocycles. The van der Waals surface area contributed by atoms with Crippen LogP contribution >= 0.6 is 11.8 Å². The van der Waals surface area contributed by atoms with Crippen LogP contribution in [0.1, 0.15) is 45.4 Å². The van der Waals surface area contributed by atoms with Gasteiger partial charge in [-0.15, -0.1) is 0 Å². The van der Waals surface area contributed by atoms with Crippen LogP contribution in [0.4, 0.5) is 0 Å². The number of nitrogens with one attached hydrogen (secondary N) is 1. The molecule has 2 N–H and O–H groups in total. The molecule has 3 atom stereocenters. The van der Waals surface area contributed by atoms with E-state index in [2.05, 4.69) is 11.6 Å². The topological polar surface area (TPSA) is 66.4 Å². The minimum Gasteiger partial charge on any atom is -0.481 e. The highest BCUT2D eigenvalue weighted by molar-refractivity contribution is 7.99. The van der Waals surface area contributed by atoms with Crippen LogP contribution in [0.25, 0.3) is 0 Å². The second-order valence-corrected chi connectivity index (χ2v) is 7.48. The summed E-state index contributed by atoms with van der Waals surface area (Å²) in [4.78, 5) is 23.6. The largest absolute Gasteiger partial charge is 0.481 e. The van der Waals surface area contributed by atoms with E-state index < -0.39 is 11.9 Å². The smallest absolute Gasteiger partial charge is 0.307 e. The monoisotopic (exact) mass is 299 g/mol. The van der Waals surface area contributed by atoms with Gasteiger partial charge in [0, 0.05) is 11.3 Å². The van der Waals surface area contributed by atoms with Crippen LogP contribution < -0.4 is 5.32 Å². The molecule has 0 radical (unpaired) electrons. The molecule has 0 spiro atoms. The summed E-state index contributed by atoms with van der Waals surface area (Å²) in [5.41, 5.74) is 0. The van der Waals surface area contributed by atoms with Crippen molar-refractivity contribution in [2.24, 2.45) is 17.8 Å². The van der Waals surface area contributed by atoms with Gasteiger partial charge in [-0.1, -0.05) is 6.92 Å². The van der Waals surface area contributed by atoms with E-state index in [0.29, 0.717) is 18.8 Å². The highest BCUT2D eigenvalue weighted by Crippen LogP contribution is 2.37. The number of carbonyl (C=O) groups is 2. The Hall–Kier alpha value is -0.710. The highest BCUT2D eigenvalue weighted by atomic mass is 32.2. The Balaban J connectivity index is 1.87. The molecule has 114 valence electrons. The lowest BCUT2D eigenvalue weighted by Crippen LogP contribution is -2.43. The zero-order chi connectivity index (χ0) is 14.7. The third kappa shape index (κ3) is 3.68. The van der Waals surface area contributed by atoms with Gasteiger partial charge in [0.2, 0.25) is 5.91 Å². The molecular formula is C15H25NO3S. The molecule has 2 aliphatic rings. The Labute approximate surface area is 125 Å². The molecule has 2 aliphatic carbocycles. The zero-order valence-corrected chi connectivity index (χ0v) is 13.1. The van der Waals surface area contributed by atoms with Gasteiger partial charge in [-0.25, -0.2) is 0 Å². The van der Waals surface area contributed by atoms with E-state index in [4.69, 9.17) is 0 Å². The molecule has 20 heavy (non-hydrogen) atoms. The molecular weight excluding hydrogens is 274 g/mol. The number of carbonyl (C=O) groups excluding carboxylic acids is 1. The van der Waals surface area contributed by atoms with Gasteiger partial charge in [0.25, 0.3) is 0 Å². The molecule has 0 aromatic heterocycles. The molecule has 0 bridgehead atoms. The van der Waals surface area contributed by atoms with Crippen LogP contribution in [0.3, 0.4) is 0 Å². The minimum absolute atomic E-state index is 0.0330. The van der Waals surface area contributed by atoms with Gasteiger partial charge >= 0.3 is 5.97 Å². The summed E-state index contributed by atoms with van der Waals surface area (Å²) < 4.78 is 0. The van der Waals surface area contributed by atoms with Crippen molar-refractivity contribution in [1.29, 1.82) is 0 Å². The van der Waals surface area contributed by atoms with E-state index in [1.165, 1.54) is 0 Å². The molecule has 0 heterocycles. The van der Waals surface area contributed by atoms with Gasteiger partial charge in [-0.3, -0.25) is 9.59 Å². The fourth-order valence-corrected chi connectivity index (χ4v) is 4.35. The summed E-state index contributed by atoms with van der Waals surface area (Å²) in [5, 5.41) is 13.1. The summed E-state index contributed by atoms with van der Waals surface area (Å²) in [6.45, 7) is 2.03. The van der Waals surface area contributed by atoms with Crippen molar-refractivity contribution in [3.05, 3.63) is 0 Å². The maximum Gasteiger partial charge on any atom is 0.307 e. The summed E-state index contributed by atoms with van der Waals surface area (Å²) in [5.74, 6) is -1.35. The van der Waals surface area contributed by atoms with Crippen LogP contribution in [0, 0.1) is 17.8 Å². The van der Waals surface area contributed by atoms with Gasteiger partial charge in [0.15, 0.2) is 0 Å². The third-order valence-corrected chi connectivity index (χ3v) is 5.94. The summed E-state index contributed by atoms with van der Waals surface area (Å²) in [7, 11) is 0. The molecule has 2 rings (SSSR count). The van der Waals surface area contributed by atoms with Crippen LogP contribution in [0.2, 0.25) is 0 Å². The van der Waals surface area contributed by atoms with Crippen molar-refractivity contribution < 1.29 is 14.7 Å². The van der Waals surface area contributed by atoms with Crippen LogP contribution in [0.5, 0.6) is 0 Å². The fraction of sp³-hybridized carbons (Fsp3) is 0.867. The van der Waals surface area contributed by atoms with Crippen LogP contribution in [-0.2, 0) is 9.59 Å². The number of hydrogen-bond donors (Lipinski definition) is 2. The van der Waals surface area contributed by atoms with Gasteiger partial charge in [-0.05, 0) is 50.7 Å². The number of rotatable bonds is 4. The Morgan fingerprint density at radius 1 is 1.10 bits per heavy atom. The van der Waals surface area contributed by atoms with E-state index in [0.717, 1.165) is 30.9 Å². The van der Waals surface area contributed by atoms with E-state index in [1.54, 1.807) is 0 Å². The van der Waals surface area contributed by atoms with Crippen LogP contribution in [-0.4, -0.2) is 34.5 Å². The van der Waals surface area contributed by atoms with Gasteiger partial charge in [0.1, 0.15) is 0 Å². The first-order chi connectivity index (χ1) is 9.51. The minimum atomic E-state index is -0.819. The van der Waals surface area contributed by atoms with Crippen LogP contribution in [0.15, 0.2) is 0 Å². The molecule has 5 heteroatoms. The van der Waals surface area contributed by atoms with Crippen molar-refractivity contribution >= 4 is 23.6 Å². The third-order valence-electron chi connectivity index (χ3n) is 4.81. The maximum absolute atomic E-state index is 12.3. The van der Waals surface area contributed by atoms with Crippen molar-refractivity contribution in [3.63, 3.8) is 0 Å². The number of hydrogen-bond acceptors (Lipinski definition) is 3. The summed E-state index contributed by atoms with van der Waals surface area (Å²) in [6, 6.07) is 0.247. The van der Waals surface area contributed by atoms with Gasteiger partial charge in [-0.2, -0.15) is 11.8 Å². The first-order valence-electron chi connectivity index (χ1n) is 7.57. The molecule has 1 amide bonds. The Morgan fingerprint density at radius 3 is 2.25 bits per heavy atom. The number of amides is 1. The van der Waals surface area contributed by atoms with E-state index in [9.17, 15) is 14.7 Å². The lowest BCUT2D eigenvalue weighted by atomic mass is 9.92. The quantitative estimate of drug-likeness (QED) is 0.837. The van der Waals surface area contributed by atoms with E-state index in [-0.39, 0.29) is 17.9 Å². The van der Waals surface area contributed by atoms with Crippen molar-refractivity contribution in [2.75, 3.05) is 6.26 Å². The zero-order valence-electron chi connectivity index (χ0n) is 12.3. The number of carboxylic acid groups (broad SMARTS) is 1. The summed E-state index contributed by atoms with van der Waals surface area (Å²) in [6.07, 6.45) is 7.83. The first-order valence-corrected chi connectivity index (χ1v) is 8.86. The fourth-order valence-electron chi connectivity index (χ4n) is 3.61. The van der Waals surface area contributed by atoms with Crippen molar-refractivity contribution in [1.82, 2.24) is 5.32 Å². The molecule has 0 aromatic rings. The predicted molar refractivity (Wildman–Crippen MR) is 80.7 cm³/mol. The molecule has 0 aliphatic heterocycles. The number of carboxylic acids is 1. The lowest BCUT2D eigenvalue weighted by Gasteiger charge is -2.29. The second-order valence-electron chi connectivity index (χ2n) is 6.35. The lowest BCUT2D eigenvalue weighted by molar-refractivity contribution is -0.146. The second kappa shape index (κ2) is 6.83. The SMILES string of the molecule is CSC1CCC(NC(=O)[C@H]2CC(C)C[C@H]2C(=O)O)CC1. The van der Waals surface area contributed by atoms with Gasteiger partial charge in [0.05, 0.1) is 11.8 Å². The predicted octanol–water partition coefficient (Wildman–Crippen LogP) is 2.52. The number of aliphatic carboxylic acids is 1. The Kier molecular flexibility index (Phi) is 5.35. The standard InChI is InChI=1S/C15H25NO3S/c1-9-7-12(13(8-9)15(18)19)14(17)16-10-3-5-11(20-2)6-4-10/h9-13H,3-8H2,1-2H3,(H,16,17)(H,18,19)/t9?,10?,11?,12-,13+/m0/s1. The van der Waals surface area contributed by atoms with Crippen molar-refractivity contribution in [3.8, 4) is 0 Å². The Bertz CT molecular complexity index is 366. The summed E-state index contributed by atoms with van der Waals surface area (Å²) >= 11 is 1.91. The Morgan fingerprint density at radius 2 is 1.70 bits per heavy atom. The molecule has 4 nitrogen and oxygen atoms in total. The average Bonchev–Trinajstić information content (AvgIpc) is 2.82. The number of thioether (sulfide) groups is 1. The van der Waals surface area contributed by atoms with Gasteiger partial charge < -0.3 is 10.4 Å². The molecule has 1 unspecified atom stereocenters. The molecule has 0 aromatic carbocycles.